The van der Waals surface area contributed by atoms with Gasteiger partial charge in [-0.05, 0) is 43.2 Å². The quantitative estimate of drug-likeness (QED) is 0.719. The van der Waals surface area contributed by atoms with Gasteiger partial charge in [0, 0.05) is 12.6 Å². The molecular formula is C12H24N2. The van der Waals surface area contributed by atoms with Crippen molar-refractivity contribution in [1.82, 2.24) is 10.6 Å². The Morgan fingerprint density at radius 3 is 2.29 bits per heavy atom. The molecule has 14 heavy (non-hydrogen) atoms. The summed E-state index contributed by atoms with van der Waals surface area (Å²) in [6, 6.07) is 0.786. The fourth-order valence-electron chi connectivity index (χ4n) is 2.39. The second kappa shape index (κ2) is 3.49. The van der Waals surface area contributed by atoms with Crippen molar-refractivity contribution in [2.24, 2.45) is 10.8 Å². The molecule has 82 valence electrons. The average Bonchev–Trinajstić information content (AvgIpc) is 2.73. The molecule has 2 rings (SSSR count). The average molecular weight is 196 g/mol. The summed E-state index contributed by atoms with van der Waals surface area (Å²) in [6.45, 7) is 10.8. The van der Waals surface area contributed by atoms with Gasteiger partial charge < -0.3 is 10.6 Å². The lowest BCUT2D eigenvalue weighted by Gasteiger charge is -2.34. The van der Waals surface area contributed by atoms with E-state index in [0.29, 0.717) is 10.8 Å². The molecule has 2 N–H and O–H groups in total. The topological polar surface area (TPSA) is 24.1 Å². The van der Waals surface area contributed by atoms with Gasteiger partial charge in [0.05, 0.1) is 0 Å². The zero-order chi connectivity index (χ0) is 10.2. The molecule has 0 bridgehead atoms. The van der Waals surface area contributed by atoms with Crippen LogP contribution in [0.5, 0.6) is 0 Å². The van der Waals surface area contributed by atoms with Crippen LogP contribution >= 0.6 is 0 Å². The first-order chi connectivity index (χ1) is 6.52. The summed E-state index contributed by atoms with van der Waals surface area (Å²) < 4.78 is 0. The third-order valence-electron chi connectivity index (χ3n) is 4.10. The van der Waals surface area contributed by atoms with Crippen LogP contribution in [0.15, 0.2) is 0 Å². The molecule has 1 unspecified atom stereocenters. The lowest BCUT2D eigenvalue weighted by atomic mass is 9.81. The van der Waals surface area contributed by atoms with Crippen LogP contribution in [-0.2, 0) is 0 Å². The molecule has 2 heteroatoms. The molecule has 0 amide bonds. The molecule has 1 saturated carbocycles. The highest BCUT2D eigenvalue weighted by molar-refractivity contribution is 5.02. The van der Waals surface area contributed by atoms with E-state index in [9.17, 15) is 0 Å². The summed E-state index contributed by atoms with van der Waals surface area (Å²) in [6.07, 6.45) is 4.02. The van der Waals surface area contributed by atoms with Gasteiger partial charge in [0.1, 0.15) is 0 Å². The van der Waals surface area contributed by atoms with Crippen molar-refractivity contribution in [3.05, 3.63) is 0 Å². The van der Waals surface area contributed by atoms with Crippen molar-refractivity contribution >= 4 is 0 Å². The van der Waals surface area contributed by atoms with E-state index in [1.54, 1.807) is 0 Å². The SMILES string of the molecule is CC1(CNC2CC2(C)C)CCNCC1. The van der Waals surface area contributed by atoms with Crippen LogP contribution in [0.4, 0.5) is 0 Å². The van der Waals surface area contributed by atoms with Gasteiger partial charge in [-0.1, -0.05) is 20.8 Å². The van der Waals surface area contributed by atoms with E-state index in [2.05, 4.69) is 31.4 Å². The van der Waals surface area contributed by atoms with E-state index in [-0.39, 0.29) is 0 Å². The Labute approximate surface area is 87.8 Å². The fourth-order valence-corrected chi connectivity index (χ4v) is 2.39. The largest absolute Gasteiger partial charge is 0.317 e. The maximum Gasteiger partial charge on any atom is 0.0125 e. The Morgan fingerprint density at radius 1 is 1.21 bits per heavy atom. The van der Waals surface area contributed by atoms with Gasteiger partial charge in [-0.25, -0.2) is 0 Å². The molecule has 0 aromatic heterocycles. The molecule has 2 aliphatic rings. The Hall–Kier alpha value is -0.0800. The Bertz CT molecular complexity index is 204. The van der Waals surface area contributed by atoms with Crippen molar-refractivity contribution in [3.63, 3.8) is 0 Å². The van der Waals surface area contributed by atoms with Gasteiger partial charge in [-0.2, -0.15) is 0 Å². The number of piperidine rings is 1. The highest BCUT2D eigenvalue weighted by atomic mass is 15.0. The summed E-state index contributed by atoms with van der Waals surface area (Å²) in [5.74, 6) is 0. The van der Waals surface area contributed by atoms with Gasteiger partial charge in [0.25, 0.3) is 0 Å². The van der Waals surface area contributed by atoms with Crippen LogP contribution < -0.4 is 10.6 Å². The lowest BCUT2D eigenvalue weighted by molar-refractivity contribution is 0.217. The maximum absolute atomic E-state index is 3.73. The van der Waals surface area contributed by atoms with Gasteiger partial charge >= 0.3 is 0 Å². The summed E-state index contributed by atoms with van der Waals surface area (Å²) in [5.41, 5.74) is 1.12. The van der Waals surface area contributed by atoms with Crippen molar-refractivity contribution < 1.29 is 0 Å². The van der Waals surface area contributed by atoms with Crippen molar-refractivity contribution in [2.75, 3.05) is 19.6 Å². The van der Waals surface area contributed by atoms with Gasteiger partial charge in [-0.15, -0.1) is 0 Å². The monoisotopic (exact) mass is 196 g/mol. The third kappa shape index (κ3) is 2.29. The molecule has 0 aromatic rings. The minimum absolute atomic E-state index is 0.546. The van der Waals surface area contributed by atoms with Gasteiger partial charge in [0.15, 0.2) is 0 Å². The second-order valence-corrected chi connectivity index (χ2v) is 6.19. The summed E-state index contributed by atoms with van der Waals surface area (Å²) in [7, 11) is 0. The zero-order valence-corrected chi connectivity index (χ0v) is 9.82. The first kappa shape index (κ1) is 10.4. The summed E-state index contributed by atoms with van der Waals surface area (Å²) in [5, 5.41) is 7.16. The molecule has 1 aliphatic heterocycles. The number of rotatable bonds is 3. The van der Waals surface area contributed by atoms with Crippen molar-refractivity contribution in [3.8, 4) is 0 Å². The predicted molar refractivity (Wildman–Crippen MR) is 60.4 cm³/mol. The molecule has 0 radical (unpaired) electrons. The highest BCUT2D eigenvalue weighted by Crippen LogP contribution is 2.45. The van der Waals surface area contributed by atoms with E-state index < -0.39 is 0 Å². The standard InChI is InChI=1S/C12H24N2/c1-11(2)8-10(11)14-9-12(3)4-6-13-7-5-12/h10,13-14H,4-9H2,1-3H3. The molecule has 0 spiro atoms. The second-order valence-electron chi connectivity index (χ2n) is 6.19. The lowest BCUT2D eigenvalue weighted by Crippen LogP contribution is -2.42. The molecule has 1 aliphatic carbocycles. The molecule has 1 atom stereocenters. The number of nitrogens with one attached hydrogen (secondary N) is 2. The Kier molecular flexibility index (Phi) is 2.61. The summed E-state index contributed by atoms with van der Waals surface area (Å²) in [4.78, 5) is 0. The molecule has 1 heterocycles. The fraction of sp³-hybridized carbons (Fsp3) is 1.00. The minimum Gasteiger partial charge on any atom is -0.317 e. The van der Waals surface area contributed by atoms with E-state index >= 15 is 0 Å². The molecule has 1 saturated heterocycles. The van der Waals surface area contributed by atoms with Crippen LogP contribution in [0.3, 0.4) is 0 Å². The van der Waals surface area contributed by atoms with E-state index in [1.165, 1.54) is 38.9 Å². The Morgan fingerprint density at radius 2 is 1.79 bits per heavy atom. The third-order valence-corrected chi connectivity index (χ3v) is 4.10. The van der Waals surface area contributed by atoms with Gasteiger partial charge in [0.2, 0.25) is 0 Å². The van der Waals surface area contributed by atoms with Crippen LogP contribution in [0.25, 0.3) is 0 Å². The molecular weight excluding hydrogens is 172 g/mol. The van der Waals surface area contributed by atoms with Gasteiger partial charge in [-0.3, -0.25) is 0 Å². The van der Waals surface area contributed by atoms with E-state index in [1.807, 2.05) is 0 Å². The predicted octanol–water partition coefficient (Wildman–Crippen LogP) is 1.76. The summed E-state index contributed by atoms with van der Waals surface area (Å²) >= 11 is 0. The van der Waals surface area contributed by atoms with Crippen molar-refractivity contribution in [1.29, 1.82) is 0 Å². The van der Waals surface area contributed by atoms with Crippen LogP contribution in [-0.4, -0.2) is 25.7 Å². The zero-order valence-electron chi connectivity index (χ0n) is 9.82. The normalized spacial score (nSPS) is 34.1. The molecule has 2 nitrogen and oxygen atoms in total. The van der Waals surface area contributed by atoms with E-state index in [4.69, 9.17) is 0 Å². The molecule has 2 fully saturated rings. The van der Waals surface area contributed by atoms with Crippen LogP contribution in [0, 0.1) is 10.8 Å². The highest BCUT2D eigenvalue weighted by Gasteiger charge is 2.45. The first-order valence-corrected chi connectivity index (χ1v) is 5.96. The Balaban J connectivity index is 1.74. The number of hydrogen-bond acceptors (Lipinski definition) is 2. The maximum atomic E-state index is 3.73. The minimum atomic E-state index is 0.546. The smallest absolute Gasteiger partial charge is 0.0125 e. The van der Waals surface area contributed by atoms with Crippen molar-refractivity contribution in [2.45, 2.75) is 46.1 Å². The first-order valence-electron chi connectivity index (χ1n) is 5.96. The number of hydrogen-bond donors (Lipinski definition) is 2. The van der Waals surface area contributed by atoms with Crippen LogP contribution in [0.2, 0.25) is 0 Å². The van der Waals surface area contributed by atoms with E-state index in [0.717, 1.165) is 6.04 Å². The molecule has 0 aromatic carbocycles. The van der Waals surface area contributed by atoms with Crippen LogP contribution in [0.1, 0.15) is 40.0 Å².